The third-order valence-electron chi connectivity index (χ3n) is 0.812. The van der Waals surface area contributed by atoms with Gasteiger partial charge in [-0.3, -0.25) is 0 Å². The number of aliphatic hydroxyl groups excluding tert-OH is 1. The maximum Gasteiger partial charge on any atom is 0.104 e. The van der Waals surface area contributed by atoms with Gasteiger partial charge in [0.15, 0.2) is 0 Å². The van der Waals surface area contributed by atoms with Gasteiger partial charge >= 0.3 is 0 Å². The second-order valence-corrected chi connectivity index (χ2v) is 3.32. The molecular formula is C6H16NO+. The zero-order valence-corrected chi connectivity index (χ0v) is 6.18. The first kappa shape index (κ1) is 7.92. The predicted octanol–water partition coefficient (Wildman–Crippen LogP) is 0.0734. The third kappa shape index (κ3) is 5.92. The van der Waals surface area contributed by atoms with Crippen LogP contribution in [0.1, 0.15) is 6.92 Å². The van der Waals surface area contributed by atoms with E-state index < -0.39 is 0 Å². The first-order chi connectivity index (χ1) is 3.42. The fourth-order valence-electron chi connectivity index (χ4n) is 0.793. The van der Waals surface area contributed by atoms with Crippen LogP contribution in [0.25, 0.3) is 0 Å². The molecule has 0 unspecified atom stereocenters. The van der Waals surface area contributed by atoms with Gasteiger partial charge in [-0.05, 0) is 6.92 Å². The van der Waals surface area contributed by atoms with Gasteiger partial charge in [0.05, 0.1) is 21.1 Å². The summed E-state index contributed by atoms with van der Waals surface area (Å²) >= 11 is 0. The Hall–Kier alpha value is -0.0800. The van der Waals surface area contributed by atoms with E-state index in [0.29, 0.717) is 0 Å². The van der Waals surface area contributed by atoms with Gasteiger partial charge < -0.3 is 9.59 Å². The second-order valence-electron chi connectivity index (χ2n) is 3.32. The highest BCUT2D eigenvalue weighted by Gasteiger charge is 2.09. The Bertz CT molecular complexity index is 63.4. The van der Waals surface area contributed by atoms with Crippen molar-refractivity contribution in [3.63, 3.8) is 0 Å². The van der Waals surface area contributed by atoms with E-state index in [4.69, 9.17) is 5.11 Å². The normalized spacial score (nSPS) is 16.1. The largest absolute Gasteiger partial charge is 0.388 e. The number of hydrogen-bond donors (Lipinski definition) is 1. The van der Waals surface area contributed by atoms with Gasteiger partial charge in [-0.2, -0.15) is 0 Å². The third-order valence-corrected chi connectivity index (χ3v) is 0.812. The van der Waals surface area contributed by atoms with E-state index in [1.165, 1.54) is 0 Å². The molecule has 0 amide bonds. The van der Waals surface area contributed by atoms with Gasteiger partial charge in [-0.25, -0.2) is 0 Å². The maximum atomic E-state index is 8.87. The summed E-state index contributed by atoms with van der Waals surface area (Å²) < 4.78 is 0.831. The van der Waals surface area contributed by atoms with Crippen molar-refractivity contribution in [3.05, 3.63) is 0 Å². The van der Waals surface area contributed by atoms with Gasteiger partial charge in [-0.15, -0.1) is 0 Å². The number of quaternary nitrogens is 1. The molecule has 2 heteroatoms. The monoisotopic (exact) mass is 118 g/mol. The molecule has 0 aliphatic rings. The lowest BCUT2D eigenvalue weighted by Crippen LogP contribution is -2.40. The number of rotatable bonds is 2. The SMILES string of the molecule is C[C@@H](O)C[N+](C)(C)C. The molecule has 0 radical (unpaired) electrons. The van der Waals surface area contributed by atoms with Crippen LogP contribution in [0.5, 0.6) is 0 Å². The molecule has 0 rings (SSSR count). The molecule has 2 nitrogen and oxygen atoms in total. The van der Waals surface area contributed by atoms with Gasteiger partial charge in [0.2, 0.25) is 0 Å². The fraction of sp³-hybridized carbons (Fsp3) is 1.00. The van der Waals surface area contributed by atoms with Crippen molar-refractivity contribution in [1.29, 1.82) is 0 Å². The summed E-state index contributed by atoms with van der Waals surface area (Å²) in [5.41, 5.74) is 0. The van der Waals surface area contributed by atoms with Crippen molar-refractivity contribution in [2.45, 2.75) is 13.0 Å². The summed E-state index contributed by atoms with van der Waals surface area (Å²) in [7, 11) is 6.19. The van der Waals surface area contributed by atoms with E-state index in [-0.39, 0.29) is 6.10 Å². The molecule has 1 atom stereocenters. The Morgan fingerprint density at radius 1 is 1.38 bits per heavy atom. The molecule has 0 spiro atoms. The zero-order valence-electron chi connectivity index (χ0n) is 6.18. The first-order valence-corrected chi connectivity index (χ1v) is 2.90. The molecular weight excluding hydrogens is 102 g/mol. The van der Waals surface area contributed by atoms with Gasteiger partial charge in [-0.1, -0.05) is 0 Å². The van der Waals surface area contributed by atoms with Crippen LogP contribution in [-0.2, 0) is 0 Å². The average molecular weight is 118 g/mol. The molecule has 0 saturated heterocycles. The molecule has 0 aromatic rings. The average Bonchev–Trinajstić information content (AvgIpc) is 1.21. The fourth-order valence-corrected chi connectivity index (χ4v) is 0.793. The molecule has 0 aliphatic carbocycles. The number of nitrogens with zero attached hydrogens (tertiary/aromatic N) is 1. The Morgan fingerprint density at radius 3 is 1.75 bits per heavy atom. The summed E-state index contributed by atoms with van der Waals surface area (Å²) in [6.45, 7) is 2.63. The van der Waals surface area contributed by atoms with E-state index >= 15 is 0 Å². The molecule has 50 valence electrons. The van der Waals surface area contributed by atoms with Crippen molar-refractivity contribution in [3.8, 4) is 0 Å². The number of likely N-dealkylation sites (N-methyl/N-ethyl adjacent to an activating group) is 1. The van der Waals surface area contributed by atoms with Crippen LogP contribution < -0.4 is 0 Å². The molecule has 8 heavy (non-hydrogen) atoms. The van der Waals surface area contributed by atoms with Crippen LogP contribution >= 0.6 is 0 Å². The van der Waals surface area contributed by atoms with Gasteiger partial charge in [0.25, 0.3) is 0 Å². The van der Waals surface area contributed by atoms with Crippen LogP contribution in [0.2, 0.25) is 0 Å². The van der Waals surface area contributed by atoms with Gasteiger partial charge in [0.1, 0.15) is 12.6 Å². The highest BCUT2D eigenvalue weighted by molar-refractivity contribution is 4.39. The molecule has 0 aliphatic heterocycles. The zero-order chi connectivity index (χ0) is 6.78. The van der Waals surface area contributed by atoms with E-state index in [1.807, 2.05) is 6.92 Å². The highest BCUT2D eigenvalue weighted by atomic mass is 16.3. The first-order valence-electron chi connectivity index (χ1n) is 2.90. The van der Waals surface area contributed by atoms with Crippen molar-refractivity contribution in [2.75, 3.05) is 27.7 Å². The molecule has 0 fully saturated rings. The Balaban J connectivity index is 3.39. The summed E-state index contributed by atoms with van der Waals surface area (Å²) in [5, 5.41) is 8.87. The van der Waals surface area contributed by atoms with Crippen LogP contribution in [0.4, 0.5) is 0 Å². The summed E-state index contributed by atoms with van der Waals surface area (Å²) in [5.74, 6) is 0. The minimum atomic E-state index is -0.185. The lowest BCUT2D eigenvalue weighted by atomic mass is 10.3. The van der Waals surface area contributed by atoms with Crippen LogP contribution in [-0.4, -0.2) is 43.4 Å². The van der Waals surface area contributed by atoms with Crippen LogP contribution in [0, 0.1) is 0 Å². The Labute approximate surface area is 51.3 Å². The molecule has 0 bridgehead atoms. The van der Waals surface area contributed by atoms with Crippen molar-refractivity contribution in [2.24, 2.45) is 0 Å². The smallest absolute Gasteiger partial charge is 0.104 e. The second kappa shape index (κ2) is 2.46. The van der Waals surface area contributed by atoms with Crippen molar-refractivity contribution in [1.82, 2.24) is 0 Å². The molecule has 0 aromatic heterocycles. The standard InChI is InChI=1S/C6H16NO/c1-6(8)5-7(2,3)4/h6,8H,5H2,1-4H3/q+1/t6-/m1/s1. The van der Waals surface area contributed by atoms with Crippen molar-refractivity contribution >= 4 is 0 Å². The van der Waals surface area contributed by atoms with Crippen molar-refractivity contribution < 1.29 is 9.59 Å². The maximum absolute atomic E-state index is 8.87. The summed E-state index contributed by atoms with van der Waals surface area (Å²) in [4.78, 5) is 0. The quantitative estimate of drug-likeness (QED) is 0.509. The number of hydrogen-bond acceptors (Lipinski definition) is 1. The Kier molecular flexibility index (Phi) is 2.44. The van der Waals surface area contributed by atoms with E-state index in [9.17, 15) is 0 Å². The summed E-state index contributed by atoms with van der Waals surface area (Å²) in [6, 6.07) is 0. The molecule has 0 saturated carbocycles. The van der Waals surface area contributed by atoms with E-state index in [2.05, 4.69) is 21.1 Å². The topological polar surface area (TPSA) is 20.2 Å². The molecule has 0 heterocycles. The van der Waals surface area contributed by atoms with Crippen LogP contribution in [0.3, 0.4) is 0 Å². The predicted molar refractivity (Wildman–Crippen MR) is 34.6 cm³/mol. The highest BCUT2D eigenvalue weighted by Crippen LogP contribution is 1.92. The number of aliphatic hydroxyl groups is 1. The minimum absolute atomic E-state index is 0.185. The van der Waals surface area contributed by atoms with E-state index in [0.717, 1.165) is 11.0 Å². The van der Waals surface area contributed by atoms with Crippen LogP contribution in [0.15, 0.2) is 0 Å². The summed E-state index contributed by atoms with van der Waals surface area (Å²) in [6.07, 6.45) is -0.185. The molecule has 1 N–H and O–H groups in total. The molecule has 0 aromatic carbocycles. The lowest BCUT2D eigenvalue weighted by molar-refractivity contribution is -0.873. The Morgan fingerprint density at radius 2 is 1.75 bits per heavy atom. The van der Waals surface area contributed by atoms with E-state index in [1.54, 1.807) is 0 Å². The van der Waals surface area contributed by atoms with Gasteiger partial charge in [0, 0.05) is 0 Å². The minimum Gasteiger partial charge on any atom is -0.388 e. The lowest BCUT2D eigenvalue weighted by Gasteiger charge is -2.24.